The highest BCUT2D eigenvalue weighted by Gasteiger charge is 2.36. The third-order valence-corrected chi connectivity index (χ3v) is 8.55. The number of aromatic nitrogens is 4. The molecule has 8 nitrogen and oxygen atoms in total. The highest BCUT2D eigenvalue weighted by molar-refractivity contribution is 6.19. The number of rotatable bonds is 7. The van der Waals surface area contributed by atoms with Crippen molar-refractivity contribution in [3.63, 3.8) is 0 Å². The zero-order chi connectivity index (χ0) is 28.1. The van der Waals surface area contributed by atoms with E-state index in [1.807, 2.05) is 24.8 Å². The number of nitrogens with one attached hydrogen (secondary N) is 2. The van der Waals surface area contributed by atoms with E-state index in [2.05, 4.69) is 51.9 Å². The summed E-state index contributed by atoms with van der Waals surface area (Å²) in [5.41, 5.74) is 3.37. The molecule has 2 aromatic carbocycles. The molecule has 2 N–H and O–H groups in total. The van der Waals surface area contributed by atoms with E-state index >= 15 is 0 Å². The fraction of sp³-hybridized carbons (Fsp3) is 0.367. The minimum Gasteiger partial charge on any atom is -0.380 e. The summed E-state index contributed by atoms with van der Waals surface area (Å²) in [5.74, 6) is -0.328. The molecule has 40 heavy (non-hydrogen) atoms. The Labute approximate surface area is 233 Å². The van der Waals surface area contributed by atoms with Gasteiger partial charge in [0.25, 0.3) is 0 Å². The van der Waals surface area contributed by atoms with Crippen molar-refractivity contribution in [3.05, 3.63) is 77.0 Å². The van der Waals surface area contributed by atoms with Crippen LogP contribution in [-0.2, 0) is 5.44 Å². The smallest absolute Gasteiger partial charge is 0.148 e. The van der Waals surface area contributed by atoms with Crippen molar-refractivity contribution in [3.8, 4) is 12.1 Å². The summed E-state index contributed by atoms with van der Waals surface area (Å²) in [4.78, 5) is 4.51. The summed E-state index contributed by atoms with van der Waals surface area (Å²) in [6.07, 6.45) is 8.84. The van der Waals surface area contributed by atoms with E-state index in [1.54, 1.807) is 24.4 Å². The molecule has 0 aliphatic heterocycles. The van der Waals surface area contributed by atoms with E-state index < -0.39 is 5.44 Å². The second-order valence-electron chi connectivity index (χ2n) is 11.8. The lowest BCUT2D eigenvalue weighted by Gasteiger charge is -2.32. The molecule has 200 valence electrons. The number of anilines is 2. The molecule has 2 unspecified atom stereocenters. The summed E-state index contributed by atoms with van der Waals surface area (Å²) in [7, 11) is 1.97. The van der Waals surface area contributed by atoms with Crippen LogP contribution in [0.1, 0.15) is 74.4 Å². The maximum Gasteiger partial charge on any atom is 0.148 e. The number of hydrogen-bond acceptors (Lipinski definition) is 7. The Bertz CT molecular complexity index is 1680. The normalized spacial score (nSPS) is 19.5. The second-order valence-corrected chi connectivity index (χ2v) is 11.8. The molecule has 2 aromatic heterocycles. The van der Waals surface area contributed by atoms with Crippen LogP contribution in [0.25, 0.3) is 10.9 Å². The van der Waals surface area contributed by atoms with Crippen LogP contribution in [-0.4, -0.2) is 33.9 Å². The van der Waals surface area contributed by atoms with Gasteiger partial charge in [0, 0.05) is 23.3 Å². The van der Waals surface area contributed by atoms with Gasteiger partial charge in [0.2, 0.25) is 0 Å². The van der Waals surface area contributed by atoms with Crippen LogP contribution >= 0.6 is 0 Å². The molecule has 2 aliphatic rings. The van der Waals surface area contributed by atoms with Crippen molar-refractivity contribution in [2.45, 2.75) is 63.5 Å². The van der Waals surface area contributed by atoms with Gasteiger partial charge in [0.1, 0.15) is 31.5 Å². The largest absolute Gasteiger partial charge is 0.380 e. The standard InChI is InChI=1S/C30H30BFN8/c1-29(2)11-3-4-25(29)36-28-19(15-34)16-35-27-18(14-33)12-22(13-24(27)28)37-30(31,20-5-7-21(32)8-6-20)26-17-40(39-38-26)23-9-10-23/h5-8,12-13,16-17,23,25,37H,3-4,9-11,31H2,1-2H3,(H,35,36). The average Bonchev–Trinajstić information content (AvgIpc) is 3.57. The van der Waals surface area contributed by atoms with Gasteiger partial charge in [-0.15, -0.1) is 5.10 Å². The Hall–Kier alpha value is -4.44. The number of halogens is 1. The van der Waals surface area contributed by atoms with Crippen molar-refractivity contribution in [1.29, 1.82) is 10.5 Å². The summed E-state index contributed by atoms with van der Waals surface area (Å²) in [5, 5.41) is 36.9. The van der Waals surface area contributed by atoms with Crippen LogP contribution in [0.2, 0.25) is 0 Å². The highest BCUT2D eigenvalue weighted by atomic mass is 19.1. The van der Waals surface area contributed by atoms with E-state index in [4.69, 9.17) is 0 Å². The Morgan fingerprint density at radius 1 is 1.10 bits per heavy atom. The van der Waals surface area contributed by atoms with E-state index in [0.29, 0.717) is 45.1 Å². The van der Waals surface area contributed by atoms with Crippen molar-refractivity contribution < 1.29 is 4.39 Å². The maximum absolute atomic E-state index is 13.9. The molecule has 6 rings (SSSR count). The predicted molar refractivity (Wildman–Crippen MR) is 154 cm³/mol. The van der Waals surface area contributed by atoms with Gasteiger partial charge in [-0.25, -0.2) is 9.07 Å². The summed E-state index contributed by atoms with van der Waals surface area (Å²) in [6, 6.07) is 15.1. The van der Waals surface area contributed by atoms with Gasteiger partial charge in [-0.3, -0.25) is 4.98 Å². The van der Waals surface area contributed by atoms with E-state index in [-0.39, 0.29) is 17.3 Å². The molecule has 2 aliphatic carbocycles. The third-order valence-electron chi connectivity index (χ3n) is 8.55. The molecule has 2 saturated carbocycles. The van der Waals surface area contributed by atoms with E-state index in [9.17, 15) is 14.9 Å². The molecule has 4 aromatic rings. The van der Waals surface area contributed by atoms with Gasteiger partial charge in [-0.05, 0) is 60.9 Å². The molecular formula is C30H30BFN8. The quantitative estimate of drug-likeness (QED) is 0.323. The fourth-order valence-electron chi connectivity index (χ4n) is 5.85. The highest BCUT2D eigenvalue weighted by Crippen LogP contribution is 2.42. The molecule has 2 heterocycles. The minimum absolute atomic E-state index is 0.0742. The lowest BCUT2D eigenvalue weighted by Crippen LogP contribution is -2.38. The Morgan fingerprint density at radius 3 is 2.50 bits per heavy atom. The topological polar surface area (TPSA) is 115 Å². The van der Waals surface area contributed by atoms with E-state index in [0.717, 1.165) is 37.7 Å². The van der Waals surface area contributed by atoms with Crippen LogP contribution in [0, 0.1) is 33.9 Å². The van der Waals surface area contributed by atoms with Gasteiger partial charge in [-0.2, -0.15) is 10.5 Å². The molecule has 2 atom stereocenters. The van der Waals surface area contributed by atoms with Crippen LogP contribution in [0.4, 0.5) is 15.8 Å². The first-order chi connectivity index (χ1) is 19.2. The van der Waals surface area contributed by atoms with Gasteiger partial charge in [0.05, 0.1) is 40.0 Å². The Morgan fingerprint density at radius 2 is 1.85 bits per heavy atom. The Balaban J connectivity index is 1.49. The lowest BCUT2D eigenvalue weighted by atomic mass is 9.69. The molecular weight excluding hydrogens is 502 g/mol. The summed E-state index contributed by atoms with van der Waals surface area (Å²) >= 11 is 0. The first kappa shape index (κ1) is 25.8. The molecule has 0 spiro atoms. The number of nitriles is 2. The van der Waals surface area contributed by atoms with Crippen LogP contribution in [0.5, 0.6) is 0 Å². The van der Waals surface area contributed by atoms with E-state index in [1.165, 1.54) is 12.1 Å². The molecule has 10 heteroatoms. The zero-order valence-corrected chi connectivity index (χ0v) is 22.9. The van der Waals surface area contributed by atoms with Gasteiger partial charge >= 0.3 is 0 Å². The summed E-state index contributed by atoms with van der Waals surface area (Å²) in [6.45, 7) is 4.48. The van der Waals surface area contributed by atoms with Gasteiger partial charge in [-0.1, -0.05) is 37.6 Å². The first-order valence-corrected chi connectivity index (χ1v) is 13.7. The molecule has 0 radical (unpaired) electrons. The minimum atomic E-state index is -0.886. The van der Waals surface area contributed by atoms with Crippen molar-refractivity contribution in [1.82, 2.24) is 20.0 Å². The number of fused-ring (bicyclic) bond motifs is 1. The fourth-order valence-corrected chi connectivity index (χ4v) is 5.85. The van der Waals surface area contributed by atoms with Crippen LogP contribution in [0.15, 0.2) is 48.8 Å². The van der Waals surface area contributed by atoms with Crippen molar-refractivity contribution >= 4 is 30.1 Å². The van der Waals surface area contributed by atoms with Gasteiger partial charge in [0.15, 0.2) is 0 Å². The van der Waals surface area contributed by atoms with Crippen molar-refractivity contribution in [2.75, 3.05) is 10.6 Å². The number of pyridine rings is 1. The number of hydrogen-bond donors (Lipinski definition) is 2. The SMILES string of the molecule is BC(Nc1cc(C#N)c2ncc(C#N)c(NC3CCCC3(C)C)c2c1)(c1ccc(F)cc1)c1cn(C2CC2)nn1. The molecule has 0 amide bonds. The number of benzene rings is 2. The Kier molecular flexibility index (Phi) is 6.22. The monoisotopic (exact) mass is 532 g/mol. The zero-order valence-electron chi connectivity index (χ0n) is 22.9. The lowest BCUT2D eigenvalue weighted by molar-refractivity contribution is 0.350. The average molecular weight is 532 g/mol. The van der Waals surface area contributed by atoms with Gasteiger partial charge < -0.3 is 10.6 Å². The first-order valence-electron chi connectivity index (χ1n) is 13.7. The summed E-state index contributed by atoms with van der Waals surface area (Å²) < 4.78 is 15.8. The third kappa shape index (κ3) is 4.54. The molecule has 0 saturated heterocycles. The van der Waals surface area contributed by atoms with Crippen LogP contribution in [0.3, 0.4) is 0 Å². The predicted octanol–water partition coefficient (Wildman–Crippen LogP) is 4.98. The van der Waals surface area contributed by atoms with Crippen LogP contribution < -0.4 is 10.6 Å². The van der Waals surface area contributed by atoms with Crippen molar-refractivity contribution in [2.24, 2.45) is 5.41 Å². The molecule has 2 fully saturated rings. The number of nitrogens with zero attached hydrogens (tertiary/aromatic N) is 6. The maximum atomic E-state index is 13.9. The second kappa shape index (κ2) is 9.64. The molecule has 0 bridgehead atoms.